The normalized spacial score (nSPS) is 10.1. The molecule has 0 aromatic heterocycles. The molecule has 6 nitrogen and oxygen atoms in total. The zero-order valence-corrected chi connectivity index (χ0v) is 15.7. The van der Waals surface area contributed by atoms with Gasteiger partial charge in [-0.2, -0.15) is 0 Å². The van der Waals surface area contributed by atoms with Crippen LogP contribution in [0.25, 0.3) is 0 Å². The maximum absolute atomic E-state index is 12.1. The number of amides is 1. The summed E-state index contributed by atoms with van der Waals surface area (Å²) in [4.78, 5) is 37.4. The molecule has 0 atom stereocenters. The fourth-order valence-electron chi connectivity index (χ4n) is 2.27. The quantitative estimate of drug-likeness (QED) is 0.344. The molecule has 0 fully saturated rings. The third-order valence-corrected chi connectivity index (χ3v) is 3.60. The van der Waals surface area contributed by atoms with Crippen LogP contribution in [0.4, 0.5) is 0 Å². The van der Waals surface area contributed by atoms with Gasteiger partial charge in [-0.05, 0) is 45.0 Å². The lowest BCUT2D eigenvalue weighted by Gasteiger charge is -2.20. The minimum Gasteiger partial charge on any atom is -0.494 e. The Kier molecular flexibility index (Phi) is 9.12. The molecule has 1 rings (SSSR count). The highest BCUT2D eigenvalue weighted by atomic mass is 16.5. The van der Waals surface area contributed by atoms with Crippen LogP contribution in [-0.4, -0.2) is 48.9 Å². The van der Waals surface area contributed by atoms with E-state index in [0.717, 1.165) is 5.57 Å². The van der Waals surface area contributed by atoms with Gasteiger partial charge in [0.2, 0.25) is 0 Å². The van der Waals surface area contributed by atoms with Crippen LogP contribution < -0.4 is 4.74 Å². The number of hydrogen-bond acceptors (Lipinski definition) is 5. The summed E-state index contributed by atoms with van der Waals surface area (Å²) >= 11 is 0. The van der Waals surface area contributed by atoms with Crippen molar-refractivity contribution in [3.8, 4) is 5.75 Å². The van der Waals surface area contributed by atoms with Gasteiger partial charge in [0.1, 0.15) is 5.75 Å². The summed E-state index contributed by atoms with van der Waals surface area (Å²) in [6, 6.07) is 6.77. The molecule has 1 aromatic carbocycles. The Morgan fingerprint density at radius 1 is 1.08 bits per heavy atom. The van der Waals surface area contributed by atoms with Gasteiger partial charge in [0.15, 0.2) is 12.4 Å². The average molecular weight is 361 g/mol. The van der Waals surface area contributed by atoms with Crippen LogP contribution in [0.3, 0.4) is 0 Å². The zero-order valence-electron chi connectivity index (χ0n) is 15.7. The molecule has 0 aliphatic heterocycles. The van der Waals surface area contributed by atoms with Crippen molar-refractivity contribution in [2.24, 2.45) is 0 Å². The second-order valence-corrected chi connectivity index (χ2v) is 5.91. The van der Waals surface area contributed by atoms with Crippen LogP contribution in [-0.2, 0) is 14.3 Å². The fourth-order valence-corrected chi connectivity index (χ4v) is 2.27. The molecule has 26 heavy (non-hydrogen) atoms. The molecule has 0 aliphatic carbocycles. The van der Waals surface area contributed by atoms with Crippen molar-refractivity contribution in [3.63, 3.8) is 0 Å². The number of Topliss-reactive ketones (excluding diaryl/α,β-unsaturated/α-hetero) is 1. The molecule has 6 heteroatoms. The number of benzene rings is 1. The predicted molar refractivity (Wildman–Crippen MR) is 99.2 cm³/mol. The number of carbonyl (C=O) groups is 3. The molecule has 0 saturated carbocycles. The Labute approximate surface area is 154 Å². The summed E-state index contributed by atoms with van der Waals surface area (Å²) in [5.41, 5.74) is 1.36. The van der Waals surface area contributed by atoms with E-state index >= 15 is 0 Å². The van der Waals surface area contributed by atoms with Crippen molar-refractivity contribution >= 4 is 17.7 Å². The van der Waals surface area contributed by atoms with Gasteiger partial charge >= 0.3 is 5.97 Å². The van der Waals surface area contributed by atoms with E-state index in [-0.39, 0.29) is 31.1 Å². The fraction of sp³-hybridized carbons (Fsp3) is 0.450. The molecule has 0 aliphatic rings. The average Bonchev–Trinajstić information content (AvgIpc) is 2.62. The van der Waals surface area contributed by atoms with Crippen LogP contribution in [0.5, 0.6) is 5.75 Å². The van der Waals surface area contributed by atoms with Crippen LogP contribution in [0.2, 0.25) is 0 Å². The van der Waals surface area contributed by atoms with E-state index in [9.17, 15) is 14.4 Å². The van der Waals surface area contributed by atoms with Gasteiger partial charge in [-0.1, -0.05) is 12.2 Å². The molecule has 0 bridgehead atoms. The number of ether oxygens (including phenoxy) is 2. The van der Waals surface area contributed by atoms with Gasteiger partial charge in [0.25, 0.3) is 5.91 Å². The summed E-state index contributed by atoms with van der Waals surface area (Å²) < 4.78 is 10.3. The topological polar surface area (TPSA) is 72.9 Å². The number of likely N-dealkylation sites (N-methyl/N-ethyl adjacent to an activating group) is 1. The van der Waals surface area contributed by atoms with E-state index in [1.54, 1.807) is 29.2 Å². The molecular formula is C20H27NO5. The Morgan fingerprint density at radius 3 is 2.27 bits per heavy atom. The molecule has 0 spiro atoms. The number of ketones is 1. The maximum atomic E-state index is 12.1. The lowest BCUT2D eigenvalue weighted by atomic mass is 10.1. The van der Waals surface area contributed by atoms with E-state index in [1.165, 1.54) is 0 Å². The van der Waals surface area contributed by atoms with Crippen LogP contribution >= 0.6 is 0 Å². The van der Waals surface area contributed by atoms with Crippen molar-refractivity contribution in [2.75, 3.05) is 26.3 Å². The maximum Gasteiger partial charge on any atom is 0.306 e. The first-order valence-electron chi connectivity index (χ1n) is 8.71. The first-order valence-corrected chi connectivity index (χ1v) is 8.71. The minimum atomic E-state index is -0.566. The Balaban J connectivity index is 2.40. The van der Waals surface area contributed by atoms with Crippen molar-refractivity contribution in [2.45, 2.75) is 33.6 Å². The van der Waals surface area contributed by atoms with Gasteiger partial charge in [-0.3, -0.25) is 14.4 Å². The number of hydrogen-bond donors (Lipinski definition) is 0. The molecule has 0 radical (unpaired) electrons. The van der Waals surface area contributed by atoms with Crippen LogP contribution in [0.1, 0.15) is 44.0 Å². The standard InChI is InChI=1S/C20H27NO5/c1-5-21(13-15(3)4)19(23)14-26-20(24)12-11-18(22)16-7-9-17(10-8-16)25-6-2/h7-10H,3,5-6,11-14H2,1-2,4H3. The van der Waals surface area contributed by atoms with Crippen molar-refractivity contribution in [1.82, 2.24) is 4.90 Å². The van der Waals surface area contributed by atoms with Crippen LogP contribution in [0.15, 0.2) is 36.4 Å². The molecule has 0 N–H and O–H groups in total. The van der Waals surface area contributed by atoms with Crippen molar-refractivity contribution in [1.29, 1.82) is 0 Å². The highest BCUT2D eigenvalue weighted by Crippen LogP contribution is 2.14. The van der Waals surface area contributed by atoms with E-state index in [2.05, 4.69) is 6.58 Å². The SMILES string of the molecule is C=C(C)CN(CC)C(=O)COC(=O)CCC(=O)c1ccc(OCC)cc1. The largest absolute Gasteiger partial charge is 0.494 e. The first kappa shape index (κ1) is 21.4. The van der Waals surface area contributed by atoms with Crippen molar-refractivity contribution in [3.05, 3.63) is 42.0 Å². The Morgan fingerprint density at radius 2 is 1.73 bits per heavy atom. The smallest absolute Gasteiger partial charge is 0.306 e. The number of rotatable bonds is 11. The number of nitrogens with zero attached hydrogens (tertiary/aromatic N) is 1. The molecule has 0 heterocycles. The Hall–Kier alpha value is -2.63. The molecule has 1 amide bonds. The van der Waals surface area contributed by atoms with Gasteiger partial charge in [0.05, 0.1) is 13.0 Å². The third kappa shape index (κ3) is 7.51. The summed E-state index contributed by atoms with van der Waals surface area (Å²) in [6.45, 7) is 10.5. The molecule has 1 aromatic rings. The van der Waals surface area contributed by atoms with Gasteiger partial charge < -0.3 is 14.4 Å². The lowest BCUT2D eigenvalue weighted by Crippen LogP contribution is -2.35. The van der Waals surface area contributed by atoms with Crippen molar-refractivity contribution < 1.29 is 23.9 Å². The van der Waals surface area contributed by atoms with Gasteiger partial charge in [-0.25, -0.2) is 0 Å². The molecular weight excluding hydrogens is 334 g/mol. The van der Waals surface area contributed by atoms with Gasteiger partial charge in [-0.15, -0.1) is 0 Å². The summed E-state index contributed by atoms with van der Waals surface area (Å²) in [6.07, 6.45) is -0.0315. The highest BCUT2D eigenvalue weighted by molar-refractivity contribution is 5.97. The number of carbonyl (C=O) groups excluding carboxylic acids is 3. The zero-order chi connectivity index (χ0) is 19.5. The summed E-state index contributed by atoms with van der Waals surface area (Å²) in [7, 11) is 0. The Bertz CT molecular complexity index is 636. The second-order valence-electron chi connectivity index (χ2n) is 5.91. The van der Waals surface area contributed by atoms with Gasteiger partial charge in [0, 0.05) is 25.1 Å². The predicted octanol–water partition coefficient (Wildman–Crippen LogP) is 3.02. The second kappa shape index (κ2) is 11.1. The van der Waals surface area contributed by atoms with E-state index in [0.29, 0.717) is 31.0 Å². The summed E-state index contributed by atoms with van der Waals surface area (Å²) in [5, 5.41) is 0. The van der Waals surface area contributed by atoms with E-state index < -0.39 is 5.97 Å². The number of esters is 1. The molecule has 0 saturated heterocycles. The molecule has 0 unspecified atom stereocenters. The minimum absolute atomic E-state index is 0.0320. The lowest BCUT2D eigenvalue weighted by molar-refractivity contribution is -0.151. The highest BCUT2D eigenvalue weighted by Gasteiger charge is 2.15. The molecule has 142 valence electrons. The van der Waals surface area contributed by atoms with E-state index in [4.69, 9.17) is 9.47 Å². The monoisotopic (exact) mass is 361 g/mol. The first-order chi connectivity index (χ1) is 12.4. The third-order valence-electron chi connectivity index (χ3n) is 3.60. The van der Waals surface area contributed by atoms with E-state index in [1.807, 2.05) is 20.8 Å². The van der Waals surface area contributed by atoms with Crippen LogP contribution in [0, 0.1) is 0 Å². The summed E-state index contributed by atoms with van der Waals surface area (Å²) in [5.74, 6) is -0.309.